The van der Waals surface area contributed by atoms with Crippen LogP contribution in [0.15, 0.2) is 41.2 Å². The van der Waals surface area contributed by atoms with Gasteiger partial charge in [0.2, 0.25) is 5.91 Å². The van der Waals surface area contributed by atoms with Crippen LogP contribution in [0.1, 0.15) is 11.3 Å². The number of hydrogen-bond donors (Lipinski definition) is 1. The van der Waals surface area contributed by atoms with Gasteiger partial charge in [0.15, 0.2) is 0 Å². The molecule has 0 unspecified atom stereocenters. The van der Waals surface area contributed by atoms with E-state index in [9.17, 15) is 9.59 Å². The van der Waals surface area contributed by atoms with Crippen molar-refractivity contribution in [1.82, 2.24) is 24.6 Å². The molecule has 142 valence electrons. The van der Waals surface area contributed by atoms with Crippen LogP contribution in [-0.4, -0.2) is 52.3 Å². The van der Waals surface area contributed by atoms with E-state index in [-0.39, 0.29) is 18.0 Å². The topological polar surface area (TPSA) is 72.2 Å². The molecule has 27 heavy (non-hydrogen) atoms. The molecule has 7 nitrogen and oxygen atoms in total. The molecular formula is C20H25N5O2. The van der Waals surface area contributed by atoms with Crippen molar-refractivity contribution in [2.45, 2.75) is 20.4 Å². The summed E-state index contributed by atoms with van der Waals surface area (Å²) < 4.78 is 3.24. The van der Waals surface area contributed by atoms with Gasteiger partial charge in [-0.3, -0.25) is 14.2 Å². The summed E-state index contributed by atoms with van der Waals surface area (Å²) in [6.45, 7) is 5.05. The molecule has 1 aromatic carbocycles. The molecule has 7 heteroatoms. The van der Waals surface area contributed by atoms with Crippen LogP contribution in [0, 0.1) is 13.8 Å². The Bertz CT molecular complexity index is 1020. The number of fused-ring (bicyclic) bond motifs is 1. The molecule has 0 saturated carbocycles. The Morgan fingerprint density at radius 1 is 1.19 bits per heavy atom. The lowest BCUT2D eigenvalue weighted by Crippen LogP contribution is -2.36. The number of para-hydroxylation sites is 1. The average Bonchev–Trinajstić information content (AvgIpc) is 2.97. The molecule has 1 amide bonds. The van der Waals surface area contributed by atoms with Gasteiger partial charge in [0.25, 0.3) is 5.56 Å². The number of pyridine rings is 1. The van der Waals surface area contributed by atoms with E-state index in [1.54, 1.807) is 10.7 Å². The summed E-state index contributed by atoms with van der Waals surface area (Å²) in [6.07, 6.45) is 0. The van der Waals surface area contributed by atoms with E-state index in [4.69, 9.17) is 0 Å². The quantitative estimate of drug-likeness (QED) is 0.716. The molecule has 1 N–H and O–H groups in total. The first-order valence-corrected chi connectivity index (χ1v) is 8.95. The van der Waals surface area contributed by atoms with E-state index in [2.05, 4.69) is 10.4 Å². The SMILES string of the molecule is Cc1cc(=O)n(CC(=O)NCCN(C)C)c2c1c(C)nn2-c1ccccc1. The monoisotopic (exact) mass is 367 g/mol. The van der Waals surface area contributed by atoms with Crippen LogP contribution in [0.25, 0.3) is 16.7 Å². The molecule has 2 heterocycles. The molecule has 0 aliphatic rings. The third-order valence-corrected chi connectivity index (χ3v) is 4.48. The smallest absolute Gasteiger partial charge is 0.252 e. The van der Waals surface area contributed by atoms with Crippen molar-refractivity contribution < 1.29 is 4.79 Å². The van der Waals surface area contributed by atoms with E-state index < -0.39 is 0 Å². The minimum absolute atomic E-state index is 0.0407. The number of hydrogen-bond acceptors (Lipinski definition) is 4. The van der Waals surface area contributed by atoms with Gasteiger partial charge in [-0.1, -0.05) is 18.2 Å². The number of nitrogens with one attached hydrogen (secondary N) is 1. The number of aromatic nitrogens is 3. The molecule has 3 aromatic rings. The predicted octanol–water partition coefficient (Wildman–Crippen LogP) is 1.48. The van der Waals surface area contributed by atoms with Crippen molar-refractivity contribution in [2.24, 2.45) is 0 Å². The van der Waals surface area contributed by atoms with Crippen molar-refractivity contribution >= 4 is 16.9 Å². The Kier molecular flexibility index (Phi) is 5.41. The van der Waals surface area contributed by atoms with Crippen LogP contribution in [0.4, 0.5) is 0 Å². The summed E-state index contributed by atoms with van der Waals surface area (Å²) in [6, 6.07) is 11.2. The Morgan fingerprint density at radius 3 is 2.56 bits per heavy atom. The largest absolute Gasteiger partial charge is 0.353 e. The van der Waals surface area contributed by atoms with E-state index >= 15 is 0 Å². The summed E-state index contributed by atoms with van der Waals surface area (Å²) >= 11 is 0. The highest BCUT2D eigenvalue weighted by Crippen LogP contribution is 2.23. The van der Waals surface area contributed by atoms with Crippen LogP contribution in [0.5, 0.6) is 0 Å². The second-order valence-electron chi connectivity index (χ2n) is 6.94. The first kappa shape index (κ1) is 18.8. The second kappa shape index (κ2) is 7.75. The zero-order valence-electron chi connectivity index (χ0n) is 16.2. The maximum absolute atomic E-state index is 12.7. The summed E-state index contributed by atoms with van der Waals surface area (Å²) in [5, 5.41) is 8.40. The highest BCUT2D eigenvalue weighted by atomic mass is 16.2. The van der Waals surface area contributed by atoms with E-state index in [1.165, 1.54) is 4.57 Å². The lowest BCUT2D eigenvalue weighted by molar-refractivity contribution is -0.121. The average molecular weight is 367 g/mol. The summed E-state index contributed by atoms with van der Waals surface area (Å²) in [5.41, 5.74) is 2.97. The molecule has 0 aliphatic heterocycles. The highest BCUT2D eigenvalue weighted by Gasteiger charge is 2.18. The van der Waals surface area contributed by atoms with Gasteiger partial charge in [0.1, 0.15) is 12.2 Å². The molecule has 0 spiro atoms. The van der Waals surface area contributed by atoms with Crippen LogP contribution in [0.2, 0.25) is 0 Å². The van der Waals surface area contributed by atoms with Crippen LogP contribution >= 0.6 is 0 Å². The van der Waals surface area contributed by atoms with Crippen LogP contribution in [-0.2, 0) is 11.3 Å². The van der Waals surface area contributed by atoms with Gasteiger partial charge in [-0.15, -0.1) is 0 Å². The van der Waals surface area contributed by atoms with Crippen molar-refractivity contribution in [3.8, 4) is 5.69 Å². The normalized spacial score (nSPS) is 11.3. The van der Waals surface area contributed by atoms with Crippen molar-refractivity contribution in [3.05, 3.63) is 58.0 Å². The summed E-state index contributed by atoms with van der Waals surface area (Å²) in [5.74, 6) is -0.192. The number of likely N-dealkylation sites (N-methyl/N-ethyl adjacent to an activating group) is 1. The van der Waals surface area contributed by atoms with Gasteiger partial charge in [-0.25, -0.2) is 4.68 Å². The Balaban J connectivity index is 2.07. The third kappa shape index (κ3) is 3.93. The first-order chi connectivity index (χ1) is 12.9. The van der Waals surface area contributed by atoms with Crippen molar-refractivity contribution in [3.63, 3.8) is 0 Å². The summed E-state index contributed by atoms with van der Waals surface area (Å²) in [4.78, 5) is 27.1. The zero-order chi connectivity index (χ0) is 19.6. The van der Waals surface area contributed by atoms with Crippen LogP contribution in [0.3, 0.4) is 0 Å². The molecule has 0 bridgehead atoms. The molecule has 2 aromatic heterocycles. The van der Waals surface area contributed by atoms with E-state index in [0.29, 0.717) is 12.2 Å². The fourth-order valence-corrected chi connectivity index (χ4v) is 3.19. The fourth-order valence-electron chi connectivity index (χ4n) is 3.19. The van der Waals surface area contributed by atoms with E-state index in [1.807, 2.05) is 63.2 Å². The molecule has 3 rings (SSSR count). The molecule has 0 aliphatic carbocycles. The number of carbonyl (C=O) groups excluding carboxylic acids is 1. The third-order valence-electron chi connectivity index (χ3n) is 4.48. The fraction of sp³-hybridized carbons (Fsp3) is 0.350. The number of benzene rings is 1. The molecule has 0 fully saturated rings. The van der Waals surface area contributed by atoms with Gasteiger partial charge < -0.3 is 10.2 Å². The number of carbonyl (C=O) groups is 1. The maximum Gasteiger partial charge on any atom is 0.252 e. The summed E-state index contributed by atoms with van der Waals surface area (Å²) in [7, 11) is 3.89. The molecule has 0 atom stereocenters. The Labute approximate surface area is 158 Å². The molecule has 0 radical (unpaired) electrons. The predicted molar refractivity (Wildman–Crippen MR) is 106 cm³/mol. The van der Waals surface area contributed by atoms with Gasteiger partial charge in [-0.2, -0.15) is 5.10 Å². The van der Waals surface area contributed by atoms with Gasteiger partial charge in [-0.05, 0) is 45.6 Å². The van der Waals surface area contributed by atoms with Gasteiger partial charge in [0, 0.05) is 24.5 Å². The standard InChI is InChI=1S/C20H25N5O2/c1-14-12-18(27)24(13-17(26)21-10-11-23(3)4)20-19(14)15(2)22-25(20)16-8-6-5-7-9-16/h5-9,12H,10-11,13H2,1-4H3,(H,21,26). The first-order valence-electron chi connectivity index (χ1n) is 8.95. The number of aryl methyl sites for hydroxylation is 2. The lowest BCUT2D eigenvalue weighted by atomic mass is 10.1. The molecular weight excluding hydrogens is 342 g/mol. The van der Waals surface area contributed by atoms with E-state index in [0.717, 1.165) is 28.9 Å². The lowest BCUT2D eigenvalue weighted by Gasteiger charge is -2.13. The number of amides is 1. The van der Waals surface area contributed by atoms with Crippen LogP contribution < -0.4 is 10.9 Å². The molecule has 0 saturated heterocycles. The van der Waals surface area contributed by atoms with Crippen molar-refractivity contribution in [1.29, 1.82) is 0 Å². The minimum atomic E-state index is -0.208. The number of rotatable bonds is 6. The Morgan fingerprint density at radius 2 is 1.89 bits per heavy atom. The maximum atomic E-state index is 12.7. The number of nitrogens with zero attached hydrogens (tertiary/aromatic N) is 4. The van der Waals surface area contributed by atoms with Gasteiger partial charge in [0.05, 0.1) is 11.4 Å². The van der Waals surface area contributed by atoms with Gasteiger partial charge >= 0.3 is 0 Å². The Hall–Kier alpha value is -2.93. The second-order valence-corrected chi connectivity index (χ2v) is 6.94. The zero-order valence-corrected chi connectivity index (χ0v) is 16.2. The minimum Gasteiger partial charge on any atom is -0.353 e. The van der Waals surface area contributed by atoms with Crippen molar-refractivity contribution in [2.75, 3.05) is 27.2 Å². The highest BCUT2D eigenvalue weighted by molar-refractivity contribution is 5.85.